The van der Waals surface area contributed by atoms with E-state index in [2.05, 4.69) is 4.98 Å². The van der Waals surface area contributed by atoms with Gasteiger partial charge in [0.15, 0.2) is 0 Å². The average Bonchev–Trinajstić information content (AvgIpc) is 2.07. The minimum atomic E-state index is 0.0105. The van der Waals surface area contributed by atoms with Crippen molar-refractivity contribution in [1.29, 1.82) is 0 Å². The second-order valence-corrected chi connectivity index (χ2v) is 1.96. The van der Waals surface area contributed by atoms with Crippen LogP contribution in [-0.4, -0.2) is 17.9 Å². The van der Waals surface area contributed by atoms with Crippen LogP contribution < -0.4 is 0 Å². The number of pyridine rings is 1. The first-order valence-corrected chi connectivity index (χ1v) is 3.26. The Morgan fingerprint density at radius 2 is 2.45 bits per heavy atom. The van der Waals surface area contributed by atoms with Crippen LogP contribution in [0.15, 0.2) is 24.4 Å². The molecule has 0 spiro atoms. The fraction of sp³-hybridized carbons (Fsp3) is 0.250. The molecule has 0 aliphatic carbocycles. The van der Waals surface area contributed by atoms with Crippen molar-refractivity contribution in [3.8, 4) is 0 Å². The lowest BCUT2D eigenvalue weighted by atomic mass is 10.4. The third kappa shape index (κ3) is 2.91. The van der Waals surface area contributed by atoms with Crippen LogP contribution in [0.2, 0.25) is 0 Å². The number of hydrogen-bond acceptors (Lipinski definition) is 3. The van der Waals surface area contributed by atoms with Gasteiger partial charge in [0.25, 0.3) is 0 Å². The predicted molar refractivity (Wildman–Crippen MR) is 39.6 cm³/mol. The van der Waals surface area contributed by atoms with Crippen molar-refractivity contribution in [1.82, 2.24) is 4.98 Å². The molecule has 0 atom stereocenters. The van der Waals surface area contributed by atoms with Crippen LogP contribution in [0.3, 0.4) is 0 Å². The van der Waals surface area contributed by atoms with Gasteiger partial charge in [0.2, 0.25) is 6.29 Å². The van der Waals surface area contributed by atoms with Crippen molar-refractivity contribution in [3.63, 3.8) is 0 Å². The molecule has 0 bridgehead atoms. The molecular formula is C8H8NO2. The molecule has 57 valence electrons. The Balaban J connectivity index is 2.33. The lowest BCUT2D eigenvalue weighted by Crippen LogP contribution is -1.97. The highest BCUT2D eigenvalue weighted by atomic mass is 16.5. The van der Waals surface area contributed by atoms with Gasteiger partial charge < -0.3 is 4.74 Å². The first kappa shape index (κ1) is 7.88. The van der Waals surface area contributed by atoms with Crippen LogP contribution in [0.5, 0.6) is 0 Å². The maximum atomic E-state index is 9.72. The Labute approximate surface area is 65.0 Å². The maximum Gasteiger partial charge on any atom is 0.226 e. The molecule has 3 heteroatoms. The highest BCUT2D eigenvalue weighted by Crippen LogP contribution is 1.94. The zero-order valence-corrected chi connectivity index (χ0v) is 5.99. The Hall–Kier alpha value is -1.22. The monoisotopic (exact) mass is 150 g/mol. The smallest absolute Gasteiger partial charge is 0.226 e. The largest absolute Gasteiger partial charge is 0.367 e. The van der Waals surface area contributed by atoms with E-state index in [1.807, 2.05) is 18.2 Å². The van der Waals surface area contributed by atoms with Crippen LogP contribution in [0.1, 0.15) is 5.69 Å². The predicted octanol–water partition coefficient (Wildman–Crippen LogP) is 0.708. The summed E-state index contributed by atoms with van der Waals surface area (Å²) in [6.07, 6.45) is 3.32. The lowest BCUT2D eigenvalue weighted by molar-refractivity contribution is 0.153. The summed E-state index contributed by atoms with van der Waals surface area (Å²) in [7, 11) is 0. The van der Waals surface area contributed by atoms with Crippen molar-refractivity contribution in [2.75, 3.05) is 6.61 Å². The van der Waals surface area contributed by atoms with Gasteiger partial charge in [-0.25, -0.2) is 0 Å². The molecule has 0 aliphatic heterocycles. The van der Waals surface area contributed by atoms with Crippen molar-refractivity contribution >= 4 is 6.29 Å². The molecule has 1 radical (unpaired) electrons. The molecule has 0 amide bonds. The van der Waals surface area contributed by atoms with Crippen LogP contribution in [0.25, 0.3) is 0 Å². The van der Waals surface area contributed by atoms with Gasteiger partial charge >= 0.3 is 0 Å². The summed E-state index contributed by atoms with van der Waals surface area (Å²) in [6, 6.07) is 5.54. The molecule has 0 saturated carbocycles. The van der Waals surface area contributed by atoms with Crippen LogP contribution >= 0.6 is 0 Å². The minimum Gasteiger partial charge on any atom is -0.367 e. The van der Waals surface area contributed by atoms with Crippen molar-refractivity contribution in [2.45, 2.75) is 6.61 Å². The number of rotatable bonds is 4. The summed E-state index contributed by atoms with van der Waals surface area (Å²) >= 11 is 0. The topological polar surface area (TPSA) is 39.2 Å². The lowest BCUT2D eigenvalue weighted by Gasteiger charge is -1.97. The van der Waals surface area contributed by atoms with Gasteiger partial charge in [0, 0.05) is 6.20 Å². The summed E-state index contributed by atoms with van der Waals surface area (Å²) in [5, 5.41) is 0. The Morgan fingerprint density at radius 3 is 3.09 bits per heavy atom. The summed E-state index contributed by atoms with van der Waals surface area (Å²) in [4.78, 5) is 13.7. The molecule has 0 aromatic carbocycles. The summed E-state index contributed by atoms with van der Waals surface area (Å²) in [5.41, 5.74) is 0.822. The molecular weight excluding hydrogens is 142 g/mol. The van der Waals surface area contributed by atoms with Crippen molar-refractivity contribution in [3.05, 3.63) is 30.1 Å². The number of ether oxygens (including phenoxy) is 1. The normalized spacial score (nSPS) is 9.45. The van der Waals surface area contributed by atoms with E-state index in [1.165, 1.54) is 0 Å². The molecule has 1 rings (SSSR count). The van der Waals surface area contributed by atoms with E-state index in [4.69, 9.17) is 4.74 Å². The van der Waals surface area contributed by atoms with Gasteiger partial charge in [-0.2, -0.15) is 0 Å². The maximum absolute atomic E-state index is 9.72. The molecule has 0 saturated heterocycles. The summed E-state index contributed by atoms with van der Waals surface area (Å²) < 4.78 is 4.88. The minimum absolute atomic E-state index is 0.0105. The van der Waals surface area contributed by atoms with Gasteiger partial charge in [-0.1, -0.05) is 6.07 Å². The van der Waals surface area contributed by atoms with Gasteiger partial charge in [-0.15, -0.1) is 0 Å². The van der Waals surface area contributed by atoms with Crippen LogP contribution in [0, 0.1) is 0 Å². The van der Waals surface area contributed by atoms with Gasteiger partial charge in [-0.3, -0.25) is 9.78 Å². The quantitative estimate of drug-likeness (QED) is 0.593. The molecule has 0 aliphatic rings. The molecule has 1 heterocycles. The zero-order chi connectivity index (χ0) is 7.94. The zero-order valence-electron chi connectivity index (χ0n) is 5.99. The SMILES string of the molecule is O=[C]COCc1ccccn1. The Kier molecular flexibility index (Phi) is 3.28. The third-order valence-corrected chi connectivity index (χ3v) is 1.14. The van der Waals surface area contributed by atoms with Gasteiger partial charge in [-0.05, 0) is 12.1 Å². The van der Waals surface area contributed by atoms with E-state index >= 15 is 0 Å². The molecule has 0 unspecified atom stereocenters. The van der Waals surface area contributed by atoms with Crippen LogP contribution in [-0.2, 0) is 16.1 Å². The summed E-state index contributed by atoms with van der Waals surface area (Å²) in [6.45, 7) is 0.382. The van der Waals surface area contributed by atoms with E-state index in [-0.39, 0.29) is 6.61 Å². The second-order valence-electron chi connectivity index (χ2n) is 1.96. The first-order valence-electron chi connectivity index (χ1n) is 3.26. The molecule has 1 aromatic heterocycles. The number of aromatic nitrogens is 1. The summed E-state index contributed by atoms with van der Waals surface area (Å²) in [5.74, 6) is 0. The molecule has 0 N–H and O–H groups in total. The standard InChI is InChI=1S/C8H8NO2/c10-5-6-11-7-8-3-1-2-4-9-8/h1-4H,6-7H2. The van der Waals surface area contributed by atoms with Crippen molar-refractivity contribution < 1.29 is 9.53 Å². The van der Waals surface area contributed by atoms with E-state index in [0.29, 0.717) is 6.61 Å². The fourth-order valence-electron chi connectivity index (χ4n) is 0.681. The molecule has 0 fully saturated rings. The number of carbonyl (C=O) groups excluding carboxylic acids is 1. The van der Waals surface area contributed by atoms with E-state index in [0.717, 1.165) is 5.69 Å². The van der Waals surface area contributed by atoms with Crippen molar-refractivity contribution in [2.24, 2.45) is 0 Å². The number of hydrogen-bond donors (Lipinski definition) is 0. The Morgan fingerprint density at radius 1 is 1.55 bits per heavy atom. The van der Waals surface area contributed by atoms with Gasteiger partial charge in [0.05, 0.1) is 12.3 Å². The highest BCUT2D eigenvalue weighted by molar-refractivity contribution is 5.51. The van der Waals surface area contributed by atoms with E-state index < -0.39 is 0 Å². The average molecular weight is 150 g/mol. The number of nitrogens with zero attached hydrogens (tertiary/aromatic N) is 1. The molecule has 3 nitrogen and oxygen atoms in total. The third-order valence-electron chi connectivity index (χ3n) is 1.14. The molecule has 11 heavy (non-hydrogen) atoms. The second kappa shape index (κ2) is 4.57. The highest BCUT2D eigenvalue weighted by Gasteiger charge is 1.90. The first-order chi connectivity index (χ1) is 5.43. The van der Waals surface area contributed by atoms with E-state index in [1.54, 1.807) is 12.5 Å². The Bertz CT molecular complexity index is 211. The van der Waals surface area contributed by atoms with Gasteiger partial charge in [0.1, 0.15) is 6.61 Å². The van der Waals surface area contributed by atoms with Crippen LogP contribution in [0.4, 0.5) is 0 Å². The molecule has 1 aromatic rings. The van der Waals surface area contributed by atoms with E-state index in [9.17, 15) is 4.79 Å². The fourth-order valence-corrected chi connectivity index (χ4v) is 0.681.